The number of ether oxygens (including phenoxy) is 1. The zero-order valence-corrected chi connectivity index (χ0v) is 13.8. The van der Waals surface area contributed by atoms with Gasteiger partial charge >= 0.3 is 11.9 Å². The Bertz CT molecular complexity index is 707. The molecule has 0 fully saturated rings. The van der Waals surface area contributed by atoms with Gasteiger partial charge in [0, 0.05) is 10.8 Å². The number of benzene rings is 1. The standard InChI is InChI=1S/C17H18O6S/c18-16(22-10-4-7-13-5-2-1-3-6-13)12-24(21)11-14-8-9-15(23-14)17(19)20/h1-3,5-6,8-9H,4,7,10-12H2,(H,19,20). The van der Waals surface area contributed by atoms with Crippen LogP contribution in [0.15, 0.2) is 46.9 Å². The van der Waals surface area contributed by atoms with Gasteiger partial charge < -0.3 is 14.3 Å². The molecule has 0 aliphatic heterocycles. The summed E-state index contributed by atoms with van der Waals surface area (Å²) in [6.07, 6.45) is 1.50. The summed E-state index contributed by atoms with van der Waals surface area (Å²) < 4.78 is 21.9. The molecule has 1 heterocycles. The number of carbonyl (C=O) groups excluding carboxylic acids is 1. The highest BCUT2D eigenvalue weighted by Gasteiger charge is 2.14. The van der Waals surface area contributed by atoms with Crippen molar-refractivity contribution in [3.8, 4) is 0 Å². The number of aromatic carboxylic acids is 1. The Hall–Kier alpha value is -2.41. The fourth-order valence-corrected chi connectivity index (χ4v) is 2.98. The molecule has 6 nitrogen and oxygen atoms in total. The van der Waals surface area contributed by atoms with E-state index in [1.54, 1.807) is 0 Å². The number of furan rings is 1. The molecule has 1 aromatic heterocycles. The molecule has 0 saturated heterocycles. The van der Waals surface area contributed by atoms with Gasteiger partial charge in [-0.1, -0.05) is 30.3 Å². The number of rotatable bonds is 9. The maximum atomic E-state index is 11.9. The van der Waals surface area contributed by atoms with E-state index in [9.17, 15) is 13.8 Å². The topological polar surface area (TPSA) is 93.8 Å². The van der Waals surface area contributed by atoms with Crippen LogP contribution >= 0.6 is 0 Å². The number of carbonyl (C=O) groups is 2. The van der Waals surface area contributed by atoms with Crippen LogP contribution < -0.4 is 0 Å². The summed E-state index contributed by atoms with van der Waals surface area (Å²) in [5, 5.41) is 8.74. The Kier molecular flexibility index (Phi) is 6.74. The Labute approximate surface area is 141 Å². The molecule has 0 radical (unpaired) electrons. The van der Waals surface area contributed by atoms with Crippen molar-refractivity contribution in [3.63, 3.8) is 0 Å². The number of carboxylic acid groups (broad SMARTS) is 1. The molecule has 0 aliphatic carbocycles. The minimum atomic E-state index is -1.50. The number of carboxylic acids is 1. The molecule has 1 N–H and O–H groups in total. The van der Waals surface area contributed by atoms with Gasteiger partial charge in [0.2, 0.25) is 5.76 Å². The van der Waals surface area contributed by atoms with Gasteiger partial charge in [-0.2, -0.15) is 0 Å². The van der Waals surface area contributed by atoms with E-state index in [4.69, 9.17) is 14.3 Å². The van der Waals surface area contributed by atoms with Crippen molar-refractivity contribution in [2.24, 2.45) is 0 Å². The third-order valence-corrected chi connectivity index (χ3v) is 4.33. The van der Waals surface area contributed by atoms with Crippen molar-refractivity contribution >= 4 is 22.7 Å². The lowest BCUT2D eigenvalue weighted by Gasteiger charge is -2.05. The largest absolute Gasteiger partial charge is 0.475 e. The molecule has 2 rings (SSSR count). The minimum Gasteiger partial charge on any atom is -0.475 e. The molecule has 1 aromatic carbocycles. The SMILES string of the molecule is O=C(CS(=O)Cc1ccc(C(=O)O)o1)OCCCc1ccccc1. The van der Waals surface area contributed by atoms with E-state index in [2.05, 4.69) is 0 Å². The molecule has 128 valence electrons. The van der Waals surface area contributed by atoms with Gasteiger partial charge in [-0.15, -0.1) is 0 Å². The van der Waals surface area contributed by atoms with E-state index in [0.29, 0.717) is 6.42 Å². The van der Waals surface area contributed by atoms with E-state index in [-0.39, 0.29) is 29.6 Å². The molecule has 24 heavy (non-hydrogen) atoms. The first-order valence-electron chi connectivity index (χ1n) is 7.41. The smallest absolute Gasteiger partial charge is 0.371 e. The summed E-state index contributed by atoms with van der Waals surface area (Å²) >= 11 is 0. The van der Waals surface area contributed by atoms with Crippen LogP contribution in [0.1, 0.15) is 28.3 Å². The van der Waals surface area contributed by atoms with Crippen LogP contribution in [0, 0.1) is 0 Å². The average Bonchev–Trinajstić information content (AvgIpc) is 3.01. The summed E-state index contributed by atoms with van der Waals surface area (Å²) in [5.74, 6) is -1.94. The quantitative estimate of drug-likeness (QED) is 0.551. The van der Waals surface area contributed by atoms with E-state index < -0.39 is 22.7 Å². The molecule has 0 saturated carbocycles. The van der Waals surface area contributed by atoms with Crippen LogP contribution in [0.3, 0.4) is 0 Å². The van der Waals surface area contributed by atoms with Crippen LogP contribution in [0.2, 0.25) is 0 Å². The third kappa shape index (κ3) is 6.00. The highest BCUT2D eigenvalue weighted by Crippen LogP contribution is 2.10. The maximum absolute atomic E-state index is 11.9. The number of hydrogen-bond donors (Lipinski definition) is 1. The molecule has 1 atom stereocenters. The van der Waals surface area contributed by atoms with E-state index in [1.807, 2.05) is 30.3 Å². The minimum absolute atomic E-state index is 0.0214. The summed E-state index contributed by atoms with van der Waals surface area (Å²) in [6.45, 7) is 0.273. The van der Waals surface area contributed by atoms with Crippen LogP contribution in [0.4, 0.5) is 0 Å². The predicted molar refractivity (Wildman–Crippen MR) is 88.1 cm³/mol. The number of aryl methyl sites for hydroxylation is 1. The molecular weight excluding hydrogens is 332 g/mol. The summed E-state index contributed by atoms with van der Waals surface area (Å²) in [4.78, 5) is 22.3. The maximum Gasteiger partial charge on any atom is 0.371 e. The van der Waals surface area contributed by atoms with Crippen molar-refractivity contribution in [2.75, 3.05) is 12.4 Å². The van der Waals surface area contributed by atoms with Crippen LogP contribution in [-0.2, 0) is 32.5 Å². The zero-order valence-electron chi connectivity index (χ0n) is 13.0. The predicted octanol–water partition coefficient (Wildman–Crippen LogP) is 2.40. The molecule has 0 bridgehead atoms. The monoisotopic (exact) mass is 350 g/mol. The molecule has 1 unspecified atom stereocenters. The Balaban J connectivity index is 1.66. The molecule has 0 aliphatic rings. The highest BCUT2D eigenvalue weighted by atomic mass is 32.2. The van der Waals surface area contributed by atoms with E-state index >= 15 is 0 Å². The molecule has 7 heteroatoms. The lowest BCUT2D eigenvalue weighted by molar-refractivity contribution is -0.140. The lowest BCUT2D eigenvalue weighted by Crippen LogP contribution is -2.16. The normalized spacial score (nSPS) is 11.8. The second kappa shape index (κ2) is 9.02. The Morgan fingerprint density at radius 3 is 2.54 bits per heavy atom. The summed E-state index contributed by atoms with van der Waals surface area (Å²) in [5.41, 5.74) is 1.17. The van der Waals surface area contributed by atoms with Gasteiger partial charge in [-0.3, -0.25) is 9.00 Å². The highest BCUT2D eigenvalue weighted by molar-refractivity contribution is 7.84. The Morgan fingerprint density at radius 1 is 1.12 bits per heavy atom. The van der Waals surface area contributed by atoms with Crippen molar-refractivity contribution in [2.45, 2.75) is 18.6 Å². The molecule has 0 amide bonds. The van der Waals surface area contributed by atoms with E-state index in [1.165, 1.54) is 17.7 Å². The van der Waals surface area contributed by atoms with Crippen molar-refractivity contribution in [3.05, 3.63) is 59.5 Å². The van der Waals surface area contributed by atoms with Crippen LogP contribution in [-0.4, -0.2) is 33.6 Å². The molecule has 2 aromatic rings. The van der Waals surface area contributed by atoms with Crippen LogP contribution in [0.5, 0.6) is 0 Å². The number of hydrogen-bond acceptors (Lipinski definition) is 5. The third-order valence-electron chi connectivity index (χ3n) is 3.17. The molecular formula is C17H18O6S. The first kappa shape index (κ1) is 17.9. The van der Waals surface area contributed by atoms with Crippen molar-refractivity contribution in [1.82, 2.24) is 0 Å². The number of esters is 1. The Morgan fingerprint density at radius 2 is 1.88 bits per heavy atom. The van der Waals surface area contributed by atoms with Gasteiger partial charge in [0.05, 0.1) is 12.4 Å². The zero-order chi connectivity index (χ0) is 17.4. The first-order valence-corrected chi connectivity index (χ1v) is 8.90. The van der Waals surface area contributed by atoms with E-state index in [0.717, 1.165) is 6.42 Å². The summed E-state index contributed by atoms with van der Waals surface area (Å²) in [6, 6.07) is 12.6. The second-order valence-corrected chi connectivity index (χ2v) is 6.57. The van der Waals surface area contributed by atoms with Gasteiger partial charge in [0.15, 0.2) is 0 Å². The summed E-state index contributed by atoms with van der Waals surface area (Å²) in [7, 11) is -1.50. The van der Waals surface area contributed by atoms with Crippen molar-refractivity contribution < 1.29 is 28.1 Å². The van der Waals surface area contributed by atoms with Gasteiger partial charge in [0.25, 0.3) is 0 Å². The van der Waals surface area contributed by atoms with Gasteiger partial charge in [-0.05, 0) is 30.5 Å². The average molecular weight is 350 g/mol. The fourth-order valence-electron chi connectivity index (χ4n) is 2.06. The fraction of sp³-hybridized carbons (Fsp3) is 0.294. The van der Waals surface area contributed by atoms with Gasteiger partial charge in [-0.25, -0.2) is 4.79 Å². The van der Waals surface area contributed by atoms with Crippen LogP contribution in [0.25, 0.3) is 0 Å². The van der Waals surface area contributed by atoms with Crippen molar-refractivity contribution in [1.29, 1.82) is 0 Å². The molecule has 0 spiro atoms. The lowest BCUT2D eigenvalue weighted by atomic mass is 10.1. The second-order valence-electron chi connectivity index (χ2n) is 5.11. The van der Waals surface area contributed by atoms with Gasteiger partial charge in [0.1, 0.15) is 11.5 Å². The first-order chi connectivity index (χ1) is 11.5.